The summed E-state index contributed by atoms with van der Waals surface area (Å²) in [5.74, 6) is 0. The molecule has 2 aromatic rings. The number of amides is 1. The van der Waals surface area contributed by atoms with Gasteiger partial charge in [0.25, 0.3) is 0 Å². The number of nitrogens with one attached hydrogen (secondary N) is 1. The molecule has 0 bridgehead atoms. The lowest BCUT2D eigenvalue weighted by Gasteiger charge is -2.07. The molecule has 1 amide bonds. The van der Waals surface area contributed by atoms with Gasteiger partial charge >= 0.3 is 6.09 Å². The molecule has 0 aromatic heterocycles. The van der Waals surface area contributed by atoms with Crippen LogP contribution in [0.5, 0.6) is 0 Å². The van der Waals surface area contributed by atoms with Crippen molar-refractivity contribution in [1.82, 2.24) is 0 Å². The highest BCUT2D eigenvalue weighted by Gasteiger charge is 2.02. The van der Waals surface area contributed by atoms with Crippen molar-refractivity contribution in [1.29, 1.82) is 0 Å². The molecule has 2 aromatic carbocycles. The van der Waals surface area contributed by atoms with Crippen LogP contribution in [0.2, 0.25) is 0 Å². The van der Waals surface area contributed by atoms with Crippen LogP contribution in [0.15, 0.2) is 54.6 Å². The first-order valence-corrected chi connectivity index (χ1v) is 6.07. The Bertz CT molecular complexity index is 524. The molecule has 4 heteroatoms. The molecule has 0 saturated heterocycles. The van der Waals surface area contributed by atoms with Gasteiger partial charge in [0.2, 0.25) is 0 Å². The van der Waals surface area contributed by atoms with E-state index < -0.39 is 6.09 Å². The summed E-state index contributed by atoms with van der Waals surface area (Å²) in [6.07, 6.45) is 0.247. The van der Waals surface area contributed by atoms with Crippen molar-refractivity contribution in [3.05, 3.63) is 60.2 Å². The zero-order chi connectivity index (χ0) is 13.5. The van der Waals surface area contributed by atoms with E-state index in [1.807, 2.05) is 30.3 Å². The van der Waals surface area contributed by atoms with E-state index in [1.165, 1.54) is 0 Å². The van der Waals surface area contributed by atoms with E-state index in [-0.39, 0.29) is 0 Å². The molecule has 0 heterocycles. The largest absolute Gasteiger partial charge is 0.449 e. The van der Waals surface area contributed by atoms with Crippen molar-refractivity contribution in [3.8, 4) is 0 Å². The van der Waals surface area contributed by atoms with E-state index in [0.29, 0.717) is 24.4 Å². The molecule has 98 valence electrons. The first-order valence-electron chi connectivity index (χ1n) is 6.07. The van der Waals surface area contributed by atoms with Crippen LogP contribution >= 0.6 is 0 Å². The highest BCUT2D eigenvalue weighted by molar-refractivity contribution is 5.84. The Balaban J connectivity index is 1.74. The summed E-state index contributed by atoms with van der Waals surface area (Å²) in [5.41, 5.74) is 8.02. The minimum atomic E-state index is -0.458. The average molecular weight is 256 g/mol. The number of nitrogens with two attached hydrogens (primary N) is 1. The first-order chi connectivity index (χ1) is 9.24. The van der Waals surface area contributed by atoms with Gasteiger partial charge in [-0.2, -0.15) is 0 Å². The van der Waals surface area contributed by atoms with Crippen molar-refractivity contribution in [2.75, 3.05) is 17.7 Å². The standard InChI is InChI=1S/C15H16N2O2/c16-13-6-8-14(9-7-13)17-15(18)19-11-10-12-4-2-1-3-5-12/h1-9H,10-11,16H2,(H,17,18). The fraction of sp³-hybridized carbons (Fsp3) is 0.133. The van der Waals surface area contributed by atoms with E-state index >= 15 is 0 Å². The number of benzene rings is 2. The summed E-state index contributed by atoms with van der Waals surface area (Å²) in [7, 11) is 0. The molecule has 4 nitrogen and oxygen atoms in total. The molecule has 0 spiro atoms. The zero-order valence-corrected chi connectivity index (χ0v) is 10.5. The van der Waals surface area contributed by atoms with Gasteiger partial charge in [0.1, 0.15) is 0 Å². The van der Waals surface area contributed by atoms with Crippen LogP contribution in [-0.2, 0) is 11.2 Å². The number of nitrogen functional groups attached to an aromatic ring is 1. The third-order valence-corrected chi connectivity index (χ3v) is 2.62. The number of hydrogen-bond acceptors (Lipinski definition) is 3. The van der Waals surface area contributed by atoms with Gasteiger partial charge in [0.05, 0.1) is 6.61 Å². The zero-order valence-electron chi connectivity index (χ0n) is 10.5. The molecule has 0 atom stereocenters. The third kappa shape index (κ3) is 4.35. The molecule has 0 fully saturated rings. The maximum Gasteiger partial charge on any atom is 0.411 e. The lowest BCUT2D eigenvalue weighted by Crippen LogP contribution is -2.15. The van der Waals surface area contributed by atoms with Crippen LogP contribution in [0.25, 0.3) is 0 Å². The predicted molar refractivity (Wildman–Crippen MR) is 76.0 cm³/mol. The van der Waals surface area contributed by atoms with Gasteiger partial charge in [0, 0.05) is 17.8 Å². The Kier molecular flexibility index (Phi) is 4.39. The van der Waals surface area contributed by atoms with Crippen molar-refractivity contribution in [3.63, 3.8) is 0 Å². The summed E-state index contributed by atoms with van der Waals surface area (Å²) in [6.45, 7) is 0.352. The molecule has 19 heavy (non-hydrogen) atoms. The van der Waals surface area contributed by atoms with E-state index in [0.717, 1.165) is 5.56 Å². The van der Waals surface area contributed by atoms with Crippen LogP contribution in [-0.4, -0.2) is 12.7 Å². The topological polar surface area (TPSA) is 64.3 Å². The molecular weight excluding hydrogens is 240 g/mol. The van der Waals surface area contributed by atoms with Gasteiger partial charge < -0.3 is 10.5 Å². The van der Waals surface area contributed by atoms with Gasteiger partial charge in [0.15, 0.2) is 0 Å². The molecule has 0 aliphatic heterocycles. The summed E-state index contributed by atoms with van der Waals surface area (Å²) < 4.78 is 5.10. The molecule has 0 aliphatic carbocycles. The SMILES string of the molecule is Nc1ccc(NC(=O)OCCc2ccccc2)cc1. The Morgan fingerprint density at radius 3 is 2.42 bits per heavy atom. The molecule has 0 unspecified atom stereocenters. The highest BCUT2D eigenvalue weighted by atomic mass is 16.5. The van der Waals surface area contributed by atoms with Crippen molar-refractivity contribution in [2.24, 2.45) is 0 Å². The fourth-order valence-corrected chi connectivity index (χ4v) is 1.63. The molecule has 3 N–H and O–H groups in total. The summed E-state index contributed by atoms with van der Waals surface area (Å²) in [4.78, 5) is 11.5. The Morgan fingerprint density at radius 1 is 1.05 bits per heavy atom. The van der Waals surface area contributed by atoms with Crippen molar-refractivity contribution >= 4 is 17.5 Å². The minimum absolute atomic E-state index is 0.352. The first kappa shape index (κ1) is 13.0. The summed E-state index contributed by atoms with van der Waals surface area (Å²) >= 11 is 0. The molecule has 0 aliphatic rings. The Morgan fingerprint density at radius 2 is 1.74 bits per heavy atom. The smallest absolute Gasteiger partial charge is 0.411 e. The molecule has 2 rings (SSSR count). The van der Waals surface area contributed by atoms with Gasteiger partial charge in [-0.3, -0.25) is 5.32 Å². The lowest BCUT2D eigenvalue weighted by molar-refractivity contribution is 0.163. The predicted octanol–water partition coefficient (Wildman–Crippen LogP) is 3.06. The third-order valence-electron chi connectivity index (χ3n) is 2.62. The second kappa shape index (κ2) is 6.44. The number of rotatable bonds is 4. The number of anilines is 2. The quantitative estimate of drug-likeness (QED) is 0.826. The second-order valence-electron chi connectivity index (χ2n) is 4.12. The number of ether oxygens (including phenoxy) is 1. The van der Waals surface area contributed by atoms with E-state index in [4.69, 9.17) is 10.5 Å². The molecule has 0 saturated carbocycles. The van der Waals surface area contributed by atoms with Gasteiger partial charge in [-0.05, 0) is 29.8 Å². The summed E-state index contributed by atoms with van der Waals surface area (Å²) in [5, 5.41) is 2.64. The monoisotopic (exact) mass is 256 g/mol. The normalized spacial score (nSPS) is 9.89. The average Bonchev–Trinajstić information content (AvgIpc) is 2.43. The van der Waals surface area contributed by atoms with Crippen LogP contribution in [0.4, 0.5) is 16.2 Å². The van der Waals surface area contributed by atoms with E-state index in [1.54, 1.807) is 24.3 Å². The number of carbonyl (C=O) groups is 1. The minimum Gasteiger partial charge on any atom is -0.449 e. The number of hydrogen-bond donors (Lipinski definition) is 2. The maximum atomic E-state index is 11.5. The van der Waals surface area contributed by atoms with Crippen LogP contribution in [0.3, 0.4) is 0 Å². The van der Waals surface area contributed by atoms with Crippen molar-refractivity contribution < 1.29 is 9.53 Å². The van der Waals surface area contributed by atoms with E-state index in [9.17, 15) is 4.79 Å². The molecular formula is C15H16N2O2. The second-order valence-corrected chi connectivity index (χ2v) is 4.12. The van der Waals surface area contributed by atoms with Gasteiger partial charge in [-0.1, -0.05) is 30.3 Å². The van der Waals surface area contributed by atoms with Crippen LogP contribution < -0.4 is 11.1 Å². The molecule has 0 radical (unpaired) electrons. The number of carbonyl (C=O) groups excluding carboxylic acids is 1. The fourth-order valence-electron chi connectivity index (χ4n) is 1.63. The summed E-state index contributed by atoms with van der Waals surface area (Å²) in [6, 6.07) is 16.8. The van der Waals surface area contributed by atoms with Crippen LogP contribution in [0.1, 0.15) is 5.56 Å². The Labute approximate surface area is 112 Å². The lowest BCUT2D eigenvalue weighted by atomic mass is 10.2. The Hall–Kier alpha value is -2.49. The highest BCUT2D eigenvalue weighted by Crippen LogP contribution is 2.10. The van der Waals surface area contributed by atoms with Gasteiger partial charge in [-0.15, -0.1) is 0 Å². The van der Waals surface area contributed by atoms with Crippen molar-refractivity contribution in [2.45, 2.75) is 6.42 Å². The van der Waals surface area contributed by atoms with Gasteiger partial charge in [-0.25, -0.2) is 4.79 Å². The maximum absolute atomic E-state index is 11.5. The van der Waals surface area contributed by atoms with Crippen LogP contribution in [0, 0.1) is 0 Å². The van der Waals surface area contributed by atoms with E-state index in [2.05, 4.69) is 5.32 Å².